The molecule has 1 aliphatic carbocycles. The maximum Gasteiger partial charge on any atom is 0.277 e. The Morgan fingerprint density at radius 2 is 1.91 bits per heavy atom. The highest BCUT2D eigenvalue weighted by Gasteiger charge is 2.07. The number of carbonyl (C=O) groups is 1. The molecule has 0 heterocycles. The van der Waals surface area contributed by atoms with Gasteiger partial charge < -0.3 is 4.74 Å². The van der Waals surface area contributed by atoms with Crippen molar-refractivity contribution in [1.82, 2.24) is 5.43 Å². The van der Waals surface area contributed by atoms with Crippen LogP contribution >= 0.6 is 15.9 Å². The number of ether oxygens (including phenoxy) is 1. The third-order valence-corrected chi connectivity index (χ3v) is 4.66. The summed E-state index contributed by atoms with van der Waals surface area (Å²) in [6.07, 6.45) is 8.17. The Labute approximate surface area is 140 Å². The Bertz CT molecular complexity index is 533. The van der Waals surface area contributed by atoms with Gasteiger partial charge in [-0.15, -0.1) is 0 Å². The molecule has 1 aliphatic rings. The minimum absolute atomic E-state index is 0.0160. The molecule has 4 nitrogen and oxygen atoms in total. The molecule has 1 aromatic carbocycles. The van der Waals surface area contributed by atoms with Gasteiger partial charge >= 0.3 is 0 Å². The minimum atomic E-state index is -0.213. The highest BCUT2D eigenvalue weighted by Crippen LogP contribution is 2.21. The van der Waals surface area contributed by atoms with E-state index >= 15 is 0 Å². The first-order chi connectivity index (χ1) is 10.6. The molecule has 1 saturated carbocycles. The van der Waals surface area contributed by atoms with Gasteiger partial charge in [-0.2, -0.15) is 5.10 Å². The molecule has 2 rings (SSSR count). The monoisotopic (exact) mass is 366 g/mol. The normalized spacial score (nSPS) is 15.6. The second kappa shape index (κ2) is 8.93. The Morgan fingerprint density at radius 1 is 1.23 bits per heavy atom. The number of hydrogen-bond donors (Lipinski definition) is 1. The summed E-state index contributed by atoms with van der Waals surface area (Å²) < 4.78 is 6.51. The summed E-state index contributed by atoms with van der Waals surface area (Å²) in [4.78, 5) is 11.8. The molecule has 0 aliphatic heterocycles. The summed E-state index contributed by atoms with van der Waals surface area (Å²) in [7, 11) is 0. The lowest BCUT2D eigenvalue weighted by molar-refractivity contribution is -0.123. The lowest BCUT2D eigenvalue weighted by Gasteiger charge is -2.11. The summed E-state index contributed by atoms with van der Waals surface area (Å²) in [6.45, 7) is 1.97. The van der Waals surface area contributed by atoms with Crippen LogP contribution in [0.5, 0.6) is 5.75 Å². The molecule has 0 spiro atoms. The number of hydrazone groups is 1. The zero-order chi connectivity index (χ0) is 15.8. The van der Waals surface area contributed by atoms with E-state index in [1.807, 2.05) is 25.1 Å². The maximum absolute atomic E-state index is 11.8. The molecule has 120 valence electrons. The van der Waals surface area contributed by atoms with E-state index in [9.17, 15) is 4.79 Å². The number of benzene rings is 1. The van der Waals surface area contributed by atoms with E-state index in [-0.39, 0.29) is 12.5 Å². The Kier molecular flexibility index (Phi) is 6.90. The van der Waals surface area contributed by atoms with Crippen LogP contribution < -0.4 is 10.2 Å². The molecular weight excluding hydrogens is 344 g/mol. The van der Waals surface area contributed by atoms with Crippen molar-refractivity contribution in [2.24, 2.45) is 5.10 Å². The molecule has 1 fully saturated rings. The molecule has 0 unspecified atom stereocenters. The molecule has 0 saturated heterocycles. The Hall–Kier alpha value is -1.36. The van der Waals surface area contributed by atoms with Crippen LogP contribution in [0.25, 0.3) is 0 Å². The number of rotatable bonds is 4. The first-order valence-corrected chi connectivity index (χ1v) is 8.67. The van der Waals surface area contributed by atoms with Crippen molar-refractivity contribution in [3.8, 4) is 5.75 Å². The number of nitrogens with one attached hydrogen (secondary N) is 1. The maximum atomic E-state index is 11.8. The molecule has 0 radical (unpaired) electrons. The first-order valence-electron chi connectivity index (χ1n) is 7.88. The Morgan fingerprint density at radius 3 is 2.59 bits per heavy atom. The molecular formula is C17H23BrN2O2. The van der Waals surface area contributed by atoms with Crippen molar-refractivity contribution in [2.45, 2.75) is 51.9 Å². The van der Waals surface area contributed by atoms with Gasteiger partial charge in [0.2, 0.25) is 0 Å². The molecule has 22 heavy (non-hydrogen) atoms. The fourth-order valence-electron chi connectivity index (χ4n) is 2.45. The highest BCUT2D eigenvalue weighted by molar-refractivity contribution is 9.10. The first kappa shape index (κ1) is 17.0. The third-order valence-electron chi connectivity index (χ3n) is 3.77. The van der Waals surface area contributed by atoms with Crippen LogP contribution in [0.3, 0.4) is 0 Å². The van der Waals surface area contributed by atoms with E-state index in [4.69, 9.17) is 4.74 Å². The van der Waals surface area contributed by atoms with Crippen molar-refractivity contribution in [2.75, 3.05) is 6.61 Å². The van der Waals surface area contributed by atoms with Gasteiger partial charge in [0.1, 0.15) is 5.75 Å². The molecule has 1 amide bonds. The summed E-state index contributed by atoms with van der Waals surface area (Å²) in [6, 6.07) is 5.65. The number of amides is 1. The molecule has 5 heteroatoms. The van der Waals surface area contributed by atoms with E-state index in [1.54, 1.807) is 0 Å². The molecule has 0 atom stereocenters. The van der Waals surface area contributed by atoms with Gasteiger partial charge in [-0.3, -0.25) is 4.79 Å². The molecule has 1 N–H and O–H groups in total. The Balaban J connectivity index is 1.78. The molecule has 0 bridgehead atoms. The second-order valence-corrected chi connectivity index (χ2v) is 6.53. The van der Waals surface area contributed by atoms with Crippen LogP contribution in [-0.2, 0) is 4.79 Å². The van der Waals surface area contributed by atoms with Crippen LogP contribution in [0.2, 0.25) is 0 Å². The van der Waals surface area contributed by atoms with Crippen molar-refractivity contribution >= 4 is 27.5 Å². The van der Waals surface area contributed by atoms with E-state index in [1.165, 1.54) is 32.1 Å². The fraction of sp³-hybridized carbons (Fsp3) is 0.529. The van der Waals surface area contributed by atoms with Crippen LogP contribution in [0.1, 0.15) is 50.5 Å². The summed E-state index contributed by atoms with van der Waals surface area (Å²) >= 11 is 3.44. The zero-order valence-corrected chi connectivity index (χ0v) is 14.6. The number of halogens is 1. The van der Waals surface area contributed by atoms with Crippen molar-refractivity contribution in [1.29, 1.82) is 0 Å². The fourth-order valence-corrected chi connectivity index (χ4v) is 2.70. The van der Waals surface area contributed by atoms with Gasteiger partial charge in [0.05, 0.1) is 0 Å². The van der Waals surface area contributed by atoms with E-state index < -0.39 is 0 Å². The summed E-state index contributed by atoms with van der Waals surface area (Å²) in [5, 5.41) is 4.26. The van der Waals surface area contributed by atoms with Crippen molar-refractivity contribution < 1.29 is 9.53 Å². The van der Waals surface area contributed by atoms with E-state index in [2.05, 4.69) is 26.5 Å². The minimum Gasteiger partial charge on any atom is -0.484 e. The number of hydrogen-bond acceptors (Lipinski definition) is 3. The summed E-state index contributed by atoms with van der Waals surface area (Å²) in [5.41, 5.74) is 4.79. The number of carbonyl (C=O) groups excluding carboxylic acids is 1. The van der Waals surface area contributed by atoms with Gasteiger partial charge in [-0.05, 0) is 56.4 Å². The number of nitrogens with zero attached hydrogens (tertiary/aromatic N) is 1. The molecule has 1 aromatic rings. The third kappa shape index (κ3) is 5.79. The van der Waals surface area contributed by atoms with Crippen molar-refractivity contribution in [3.05, 3.63) is 28.2 Å². The summed E-state index contributed by atoms with van der Waals surface area (Å²) in [5.74, 6) is 0.476. The average molecular weight is 367 g/mol. The number of aryl methyl sites for hydroxylation is 1. The standard InChI is InChI=1S/C17H23BrN2O2/c1-13-11-15(9-10-16(13)18)22-12-17(21)20-19-14-7-5-3-2-4-6-8-14/h9-11H,2-8,12H2,1H3,(H,20,21). The van der Waals surface area contributed by atoms with Gasteiger partial charge in [-0.25, -0.2) is 5.43 Å². The van der Waals surface area contributed by atoms with E-state index in [0.29, 0.717) is 5.75 Å². The molecule has 0 aromatic heterocycles. The smallest absolute Gasteiger partial charge is 0.277 e. The van der Waals surface area contributed by atoms with Gasteiger partial charge in [0, 0.05) is 10.2 Å². The van der Waals surface area contributed by atoms with Crippen molar-refractivity contribution in [3.63, 3.8) is 0 Å². The lowest BCUT2D eigenvalue weighted by Crippen LogP contribution is -2.26. The van der Waals surface area contributed by atoms with E-state index in [0.717, 1.165) is 28.6 Å². The van der Waals surface area contributed by atoms with Crippen LogP contribution in [0.4, 0.5) is 0 Å². The predicted molar refractivity (Wildman–Crippen MR) is 92.3 cm³/mol. The highest BCUT2D eigenvalue weighted by atomic mass is 79.9. The predicted octanol–water partition coefficient (Wildman–Crippen LogP) is 4.35. The quantitative estimate of drug-likeness (QED) is 0.805. The largest absolute Gasteiger partial charge is 0.484 e. The van der Waals surface area contributed by atoms with Crippen LogP contribution in [0, 0.1) is 6.92 Å². The second-order valence-electron chi connectivity index (χ2n) is 5.68. The zero-order valence-electron chi connectivity index (χ0n) is 13.0. The van der Waals surface area contributed by atoms with Gasteiger partial charge in [0.15, 0.2) is 6.61 Å². The van der Waals surface area contributed by atoms with Crippen LogP contribution in [0.15, 0.2) is 27.8 Å². The lowest BCUT2D eigenvalue weighted by atomic mass is 9.99. The van der Waals surface area contributed by atoms with Crippen LogP contribution in [-0.4, -0.2) is 18.2 Å². The average Bonchev–Trinajstić information content (AvgIpc) is 2.47. The topological polar surface area (TPSA) is 50.7 Å². The van der Waals surface area contributed by atoms with Gasteiger partial charge in [-0.1, -0.05) is 35.2 Å². The van der Waals surface area contributed by atoms with Gasteiger partial charge in [0.25, 0.3) is 5.91 Å². The SMILES string of the molecule is Cc1cc(OCC(=O)NN=C2CCCCCCC2)ccc1Br.